The first-order valence-electron chi connectivity index (χ1n) is 4.21. The van der Waals surface area contributed by atoms with Gasteiger partial charge in [0, 0.05) is 13.1 Å². The number of hydrogen-bond acceptors (Lipinski definition) is 4. The van der Waals surface area contributed by atoms with Crippen molar-refractivity contribution < 1.29 is 12.8 Å². The fourth-order valence-corrected chi connectivity index (χ4v) is 1.55. The summed E-state index contributed by atoms with van der Waals surface area (Å²) in [5.74, 6) is -0.671. The average molecular weight is 233 g/mol. The van der Waals surface area contributed by atoms with E-state index in [4.69, 9.17) is 10.9 Å². The highest BCUT2D eigenvalue weighted by Crippen LogP contribution is 2.17. The number of nitrogens with one attached hydrogen (secondary N) is 1. The van der Waals surface area contributed by atoms with E-state index in [-0.39, 0.29) is 10.6 Å². The van der Waals surface area contributed by atoms with Crippen LogP contribution in [0.4, 0.5) is 10.1 Å². The maximum atomic E-state index is 13.3. The quantitative estimate of drug-likeness (QED) is 0.673. The Morgan fingerprint density at radius 1 is 1.40 bits per heavy atom. The molecular formula is C8H12FN3O2S. The summed E-state index contributed by atoms with van der Waals surface area (Å²) >= 11 is 0. The van der Waals surface area contributed by atoms with Crippen LogP contribution in [0, 0.1) is 5.82 Å². The van der Waals surface area contributed by atoms with Gasteiger partial charge in [0.05, 0.1) is 10.6 Å². The Hall–Kier alpha value is -1.18. The van der Waals surface area contributed by atoms with Crippen molar-refractivity contribution in [3.8, 4) is 0 Å². The number of nitrogens with two attached hydrogens (primary N) is 2. The van der Waals surface area contributed by atoms with Gasteiger partial charge >= 0.3 is 0 Å². The summed E-state index contributed by atoms with van der Waals surface area (Å²) in [6, 6.07) is 3.41. The standard InChI is InChI=1S/C8H12FN3O2S/c9-7-5-6(15(11,13)14)1-2-8(7)12-4-3-10/h1-2,5,12H,3-4,10H2,(H2,11,13,14). The molecule has 0 unspecified atom stereocenters. The number of sulfonamides is 1. The lowest BCUT2D eigenvalue weighted by atomic mass is 10.3. The van der Waals surface area contributed by atoms with Crippen molar-refractivity contribution >= 4 is 15.7 Å². The smallest absolute Gasteiger partial charge is 0.238 e. The second-order valence-electron chi connectivity index (χ2n) is 2.90. The van der Waals surface area contributed by atoms with Crippen molar-refractivity contribution in [3.05, 3.63) is 24.0 Å². The van der Waals surface area contributed by atoms with Crippen LogP contribution in [0.2, 0.25) is 0 Å². The second-order valence-corrected chi connectivity index (χ2v) is 4.46. The molecule has 0 saturated carbocycles. The van der Waals surface area contributed by atoms with Crippen LogP contribution < -0.4 is 16.2 Å². The lowest BCUT2D eigenvalue weighted by Gasteiger charge is -2.06. The summed E-state index contributed by atoms with van der Waals surface area (Å²) in [5.41, 5.74) is 5.43. The summed E-state index contributed by atoms with van der Waals surface area (Å²) < 4.78 is 35.0. The van der Waals surface area contributed by atoms with E-state index in [1.807, 2.05) is 0 Å². The molecule has 0 aliphatic carbocycles. The summed E-state index contributed by atoms with van der Waals surface area (Å²) in [6.07, 6.45) is 0. The Balaban J connectivity index is 2.99. The molecule has 0 heterocycles. The van der Waals surface area contributed by atoms with Crippen LogP contribution >= 0.6 is 0 Å². The molecule has 5 nitrogen and oxygen atoms in total. The molecule has 0 amide bonds. The molecule has 0 fully saturated rings. The van der Waals surface area contributed by atoms with Gasteiger partial charge in [0.25, 0.3) is 0 Å². The minimum Gasteiger partial charge on any atom is -0.381 e. The Bertz CT molecular complexity index is 447. The lowest BCUT2D eigenvalue weighted by Crippen LogP contribution is -2.15. The van der Waals surface area contributed by atoms with Gasteiger partial charge in [0.1, 0.15) is 5.82 Å². The van der Waals surface area contributed by atoms with Gasteiger partial charge in [-0.05, 0) is 18.2 Å². The molecule has 0 aliphatic heterocycles. The molecule has 0 bridgehead atoms. The zero-order chi connectivity index (χ0) is 11.5. The van der Waals surface area contributed by atoms with Gasteiger partial charge in [-0.1, -0.05) is 0 Å². The molecule has 0 atom stereocenters. The predicted octanol–water partition coefficient (Wildman–Crippen LogP) is -0.156. The zero-order valence-electron chi connectivity index (χ0n) is 7.90. The minimum absolute atomic E-state index is 0.202. The molecule has 0 aromatic heterocycles. The van der Waals surface area contributed by atoms with Gasteiger partial charge in [-0.2, -0.15) is 0 Å². The van der Waals surface area contributed by atoms with E-state index in [2.05, 4.69) is 5.32 Å². The number of rotatable bonds is 4. The highest BCUT2D eigenvalue weighted by molar-refractivity contribution is 7.89. The number of benzene rings is 1. The van der Waals surface area contributed by atoms with Gasteiger partial charge in [-0.25, -0.2) is 17.9 Å². The maximum Gasteiger partial charge on any atom is 0.238 e. The Morgan fingerprint density at radius 3 is 2.53 bits per heavy atom. The molecule has 84 valence electrons. The van der Waals surface area contributed by atoms with Crippen LogP contribution in [0.15, 0.2) is 23.1 Å². The molecule has 0 radical (unpaired) electrons. The predicted molar refractivity (Wildman–Crippen MR) is 55.3 cm³/mol. The number of primary sulfonamides is 1. The maximum absolute atomic E-state index is 13.3. The third-order valence-corrected chi connectivity index (χ3v) is 2.64. The van der Waals surface area contributed by atoms with Gasteiger partial charge in [-0.15, -0.1) is 0 Å². The van der Waals surface area contributed by atoms with E-state index < -0.39 is 15.8 Å². The number of halogens is 1. The number of anilines is 1. The van der Waals surface area contributed by atoms with Crippen molar-refractivity contribution in [1.29, 1.82) is 0 Å². The molecule has 0 aliphatic rings. The van der Waals surface area contributed by atoms with Crippen LogP contribution in [-0.4, -0.2) is 21.5 Å². The zero-order valence-corrected chi connectivity index (χ0v) is 8.72. The fraction of sp³-hybridized carbons (Fsp3) is 0.250. The number of hydrogen-bond donors (Lipinski definition) is 3. The SMILES string of the molecule is NCCNc1ccc(S(N)(=O)=O)cc1F. The third-order valence-electron chi connectivity index (χ3n) is 1.73. The molecule has 1 aromatic rings. The summed E-state index contributed by atoms with van der Waals surface area (Å²) in [4.78, 5) is -0.252. The highest BCUT2D eigenvalue weighted by atomic mass is 32.2. The summed E-state index contributed by atoms with van der Waals surface area (Å²) in [7, 11) is -3.86. The topological polar surface area (TPSA) is 98.2 Å². The van der Waals surface area contributed by atoms with Gasteiger partial charge in [0.2, 0.25) is 10.0 Å². The first-order valence-corrected chi connectivity index (χ1v) is 5.76. The molecule has 0 spiro atoms. The van der Waals surface area contributed by atoms with Crippen molar-refractivity contribution in [1.82, 2.24) is 0 Å². The van der Waals surface area contributed by atoms with E-state index in [1.165, 1.54) is 12.1 Å². The first-order chi connectivity index (χ1) is 6.95. The molecule has 1 rings (SSSR count). The van der Waals surface area contributed by atoms with Gasteiger partial charge in [0.15, 0.2) is 0 Å². The Labute approximate surface area is 87.3 Å². The molecule has 15 heavy (non-hydrogen) atoms. The van der Waals surface area contributed by atoms with Crippen molar-refractivity contribution in [2.45, 2.75) is 4.90 Å². The molecule has 0 saturated heterocycles. The van der Waals surface area contributed by atoms with Crippen molar-refractivity contribution in [2.75, 3.05) is 18.4 Å². The average Bonchev–Trinajstić information content (AvgIpc) is 2.14. The van der Waals surface area contributed by atoms with Crippen LogP contribution in [0.3, 0.4) is 0 Å². The van der Waals surface area contributed by atoms with Gasteiger partial charge < -0.3 is 11.1 Å². The van der Waals surface area contributed by atoms with Crippen LogP contribution in [-0.2, 0) is 10.0 Å². The fourth-order valence-electron chi connectivity index (χ4n) is 1.02. The van der Waals surface area contributed by atoms with Crippen LogP contribution in [0.1, 0.15) is 0 Å². The van der Waals surface area contributed by atoms with Crippen molar-refractivity contribution in [3.63, 3.8) is 0 Å². The van der Waals surface area contributed by atoms with E-state index in [0.29, 0.717) is 13.1 Å². The molecular weight excluding hydrogens is 221 g/mol. The van der Waals surface area contributed by atoms with E-state index >= 15 is 0 Å². The summed E-state index contributed by atoms with van der Waals surface area (Å²) in [5, 5.41) is 7.55. The normalized spacial score (nSPS) is 11.4. The molecule has 7 heteroatoms. The monoisotopic (exact) mass is 233 g/mol. The largest absolute Gasteiger partial charge is 0.381 e. The van der Waals surface area contributed by atoms with E-state index in [1.54, 1.807) is 0 Å². The third kappa shape index (κ3) is 3.15. The second kappa shape index (κ2) is 4.56. The summed E-state index contributed by atoms with van der Waals surface area (Å²) in [6.45, 7) is 0.766. The Morgan fingerprint density at radius 2 is 2.07 bits per heavy atom. The minimum atomic E-state index is -3.86. The van der Waals surface area contributed by atoms with Crippen LogP contribution in [0.25, 0.3) is 0 Å². The van der Waals surface area contributed by atoms with Crippen LogP contribution in [0.5, 0.6) is 0 Å². The van der Waals surface area contributed by atoms with Crippen molar-refractivity contribution in [2.24, 2.45) is 10.9 Å². The Kier molecular flexibility index (Phi) is 3.61. The van der Waals surface area contributed by atoms with E-state index in [9.17, 15) is 12.8 Å². The van der Waals surface area contributed by atoms with Gasteiger partial charge in [-0.3, -0.25) is 0 Å². The lowest BCUT2D eigenvalue weighted by molar-refractivity contribution is 0.593. The molecule has 5 N–H and O–H groups in total. The highest BCUT2D eigenvalue weighted by Gasteiger charge is 2.10. The first kappa shape index (κ1) is 11.9. The van der Waals surface area contributed by atoms with E-state index in [0.717, 1.165) is 6.07 Å². The molecule has 1 aromatic carbocycles.